The van der Waals surface area contributed by atoms with Gasteiger partial charge in [-0.1, -0.05) is 57.2 Å². The van der Waals surface area contributed by atoms with Crippen molar-refractivity contribution in [1.29, 1.82) is 0 Å². The van der Waals surface area contributed by atoms with E-state index >= 15 is 0 Å². The van der Waals surface area contributed by atoms with Gasteiger partial charge in [0.2, 0.25) is 0 Å². The van der Waals surface area contributed by atoms with Crippen molar-refractivity contribution in [2.24, 2.45) is 29.1 Å². The highest BCUT2D eigenvalue weighted by atomic mass is 16.3. The molecule has 3 aliphatic rings. The summed E-state index contributed by atoms with van der Waals surface area (Å²) in [6.07, 6.45) is 12.5. The first kappa shape index (κ1) is 17.3. The van der Waals surface area contributed by atoms with Crippen LogP contribution in [0.15, 0.2) is 47.6 Å². The van der Waals surface area contributed by atoms with Crippen LogP contribution in [-0.4, -0.2) is 33.1 Å². The third kappa shape index (κ3) is 5.26. The van der Waals surface area contributed by atoms with Crippen LogP contribution in [0, 0.1) is 29.1 Å². The van der Waals surface area contributed by atoms with Crippen molar-refractivity contribution in [2.75, 3.05) is 0 Å². The lowest BCUT2D eigenvalue weighted by Gasteiger charge is -2.44. The Hall–Kier alpha value is -1.16. The zero-order valence-electron chi connectivity index (χ0n) is 25.3. The van der Waals surface area contributed by atoms with Crippen molar-refractivity contribution in [3.05, 3.63) is 47.6 Å². The van der Waals surface area contributed by atoms with Gasteiger partial charge in [-0.3, -0.25) is 0 Å². The van der Waals surface area contributed by atoms with Gasteiger partial charge in [0, 0.05) is 20.6 Å². The number of aliphatic hydroxyl groups excluding tert-OH is 2. The molecule has 0 unspecified atom stereocenters. The minimum atomic E-state index is -3.04. The summed E-state index contributed by atoms with van der Waals surface area (Å²) in [4.78, 5) is 0. The molecule has 3 heteroatoms. The Balaban J connectivity index is 1.79. The van der Waals surface area contributed by atoms with Crippen LogP contribution in [0.2, 0.25) is 0 Å². The van der Waals surface area contributed by atoms with Crippen molar-refractivity contribution in [1.82, 2.24) is 0 Å². The van der Waals surface area contributed by atoms with Crippen LogP contribution >= 0.6 is 0 Å². The Labute approximate surface area is 198 Å². The molecule has 7 atom stereocenters. The van der Waals surface area contributed by atoms with E-state index in [1.54, 1.807) is 6.08 Å². The molecule has 0 aliphatic heterocycles. The second-order valence-corrected chi connectivity index (χ2v) is 10.5. The molecule has 0 aromatic rings. The molecule has 0 heterocycles. The van der Waals surface area contributed by atoms with Crippen LogP contribution in [-0.2, 0) is 0 Å². The highest BCUT2D eigenvalue weighted by Crippen LogP contribution is 2.59. The zero-order chi connectivity index (χ0) is 28.0. The van der Waals surface area contributed by atoms with Crippen LogP contribution < -0.4 is 0 Å². The number of hydrogen-bond acceptors (Lipinski definition) is 3. The largest absolute Gasteiger partial charge is 0.393 e. The quantitative estimate of drug-likeness (QED) is 0.485. The van der Waals surface area contributed by atoms with Gasteiger partial charge in [-0.15, -0.1) is 0 Å². The van der Waals surface area contributed by atoms with Crippen molar-refractivity contribution < 1.29 is 23.5 Å². The lowest BCUT2D eigenvalue weighted by molar-refractivity contribution is 0.0436. The highest BCUT2D eigenvalue weighted by Gasteiger charge is 2.50. The predicted octanol–water partition coefficient (Wildman–Crippen LogP) is 5.73. The Morgan fingerprint density at radius 1 is 1.19 bits per heavy atom. The van der Waals surface area contributed by atoms with E-state index in [0.717, 1.165) is 37.7 Å². The molecule has 0 saturated heterocycles. The fourth-order valence-corrected chi connectivity index (χ4v) is 6.22. The summed E-state index contributed by atoms with van der Waals surface area (Å²) in [5.74, 6) is -0.220. The fraction of sp³-hybridized carbons (Fsp3) is 0.714. The molecule has 3 nitrogen and oxygen atoms in total. The first-order valence-corrected chi connectivity index (χ1v) is 11.8. The topological polar surface area (TPSA) is 60.7 Å². The van der Waals surface area contributed by atoms with E-state index in [0.29, 0.717) is 30.3 Å². The van der Waals surface area contributed by atoms with Gasteiger partial charge in [0.15, 0.2) is 0 Å². The molecule has 0 bridgehead atoms. The molecular weight excluding hydrogens is 384 g/mol. The van der Waals surface area contributed by atoms with E-state index in [-0.39, 0.29) is 11.3 Å². The maximum Gasteiger partial charge on any atom is 0.0811 e. The molecule has 0 aromatic heterocycles. The standard InChI is InChI=1S/C28H44O3/c1-18(9-10-19(2)27(4,5)31)24-13-14-25-21(8-7-15-28(24,25)6)11-12-22-16-23(29)17-26(30)20(22)3/h9-12,18-19,23-26,29-31H,3,7-8,13-17H2,1-2,4-6H3/b10-9+,21-11+,22-12-/t18-,19-,23+,24-,25+,26-,28-/m1/s1/i4D3,5D3. The monoisotopic (exact) mass is 434 g/mol. The van der Waals surface area contributed by atoms with Crippen molar-refractivity contribution in [3.63, 3.8) is 0 Å². The minimum absolute atomic E-state index is 0.0581. The molecule has 3 N–H and O–H groups in total. The summed E-state index contributed by atoms with van der Waals surface area (Å²) in [5.41, 5.74) is 0.225. The number of rotatable bonds is 5. The summed E-state index contributed by atoms with van der Waals surface area (Å²) in [5, 5.41) is 31.0. The molecule has 3 fully saturated rings. The van der Waals surface area contributed by atoms with Gasteiger partial charge < -0.3 is 15.3 Å². The molecule has 3 saturated carbocycles. The first-order chi connectivity index (χ1) is 16.9. The van der Waals surface area contributed by atoms with E-state index in [2.05, 4.69) is 26.5 Å². The molecular formula is C28H44O3. The van der Waals surface area contributed by atoms with Gasteiger partial charge in [-0.25, -0.2) is 0 Å². The molecule has 174 valence electrons. The van der Waals surface area contributed by atoms with Crippen LogP contribution in [0.5, 0.6) is 0 Å². The number of fused-ring (bicyclic) bond motifs is 1. The maximum atomic E-state index is 10.8. The summed E-state index contributed by atoms with van der Waals surface area (Å²) < 4.78 is 46.2. The number of hydrogen-bond donors (Lipinski definition) is 3. The Morgan fingerprint density at radius 2 is 1.94 bits per heavy atom. The van der Waals surface area contributed by atoms with E-state index in [1.807, 2.05) is 12.2 Å². The Bertz CT molecular complexity index is 933. The van der Waals surface area contributed by atoms with E-state index in [4.69, 9.17) is 8.22 Å². The number of allylic oxidation sites excluding steroid dienone is 4. The second kappa shape index (κ2) is 9.37. The maximum absolute atomic E-state index is 10.8. The summed E-state index contributed by atoms with van der Waals surface area (Å²) in [7, 11) is 0. The third-order valence-electron chi connectivity index (χ3n) is 8.30. The van der Waals surface area contributed by atoms with Crippen LogP contribution in [0.3, 0.4) is 0 Å². The number of aliphatic hydroxyl groups is 3. The second-order valence-electron chi connectivity index (χ2n) is 10.5. The van der Waals surface area contributed by atoms with Crippen molar-refractivity contribution >= 4 is 0 Å². The fourth-order valence-electron chi connectivity index (χ4n) is 6.22. The lowest BCUT2D eigenvalue weighted by Crippen LogP contribution is -2.35. The highest BCUT2D eigenvalue weighted by molar-refractivity contribution is 5.38. The predicted molar refractivity (Wildman–Crippen MR) is 128 cm³/mol. The molecule has 0 spiro atoms. The molecule has 0 aromatic carbocycles. The van der Waals surface area contributed by atoms with E-state index < -0.39 is 37.4 Å². The molecule has 31 heavy (non-hydrogen) atoms. The average Bonchev–Trinajstić information content (AvgIpc) is 3.14. The average molecular weight is 435 g/mol. The summed E-state index contributed by atoms with van der Waals surface area (Å²) >= 11 is 0. The van der Waals surface area contributed by atoms with E-state index in [1.165, 1.54) is 12.5 Å². The van der Waals surface area contributed by atoms with Gasteiger partial charge in [0.1, 0.15) is 0 Å². The minimum Gasteiger partial charge on any atom is -0.393 e. The molecule has 3 rings (SSSR count). The van der Waals surface area contributed by atoms with Gasteiger partial charge >= 0.3 is 0 Å². The third-order valence-corrected chi connectivity index (χ3v) is 8.30. The summed E-state index contributed by atoms with van der Waals surface area (Å²) in [6.45, 7) is 3.83. The normalized spacial score (nSPS) is 43.0. The molecule has 3 aliphatic carbocycles. The Morgan fingerprint density at radius 3 is 2.65 bits per heavy atom. The van der Waals surface area contributed by atoms with Gasteiger partial charge in [-0.2, -0.15) is 0 Å². The van der Waals surface area contributed by atoms with Gasteiger partial charge in [-0.05, 0) is 86.5 Å². The molecule has 0 radical (unpaired) electrons. The van der Waals surface area contributed by atoms with Gasteiger partial charge in [0.05, 0.1) is 17.8 Å². The van der Waals surface area contributed by atoms with Crippen LogP contribution in [0.4, 0.5) is 0 Å². The van der Waals surface area contributed by atoms with E-state index in [9.17, 15) is 15.3 Å². The Kier molecular flexibility index (Phi) is 5.24. The van der Waals surface area contributed by atoms with Crippen molar-refractivity contribution in [2.45, 2.75) is 97.2 Å². The molecule has 0 amide bonds. The van der Waals surface area contributed by atoms with Gasteiger partial charge in [0.25, 0.3) is 0 Å². The first-order valence-electron chi connectivity index (χ1n) is 14.8. The summed E-state index contributed by atoms with van der Waals surface area (Å²) in [6, 6.07) is 0. The van der Waals surface area contributed by atoms with Crippen molar-refractivity contribution in [3.8, 4) is 0 Å². The smallest absolute Gasteiger partial charge is 0.0811 e. The van der Waals surface area contributed by atoms with Crippen LogP contribution in [0.25, 0.3) is 0 Å². The lowest BCUT2D eigenvalue weighted by atomic mass is 9.61. The zero-order valence-corrected chi connectivity index (χ0v) is 19.3. The van der Waals surface area contributed by atoms with Crippen LogP contribution in [0.1, 0.15) is 87.6 Å². The SMILES string of the molecule is [2H]C([2H])([2H])C(O)([C@H](C)/C=C/[C@@H](C)[C@H]1CC[C@H]2/C(=C/C=C3/C[C@H](O)C[C@@H](O)C3=C)CCC[C@]12C)C([2H])([2H])[2H].